The molecule has 0 saturated heterocycles. The zero-order valence-corrected chi connectivity index (χ0v) is 34.7. The van der Waals surface area contributed by atoms with Crippen molar-refractivity contribution in [2.24, 2.45) is 20.5 Å². The first-order valence-corrected chi connectivity index (χ1v) is 36.8. The van der Waals surface area contributed by atoms with E-state index in [-0.39, 0.29) is 0 Å². The van der Waals surface area contributed by atoms with Gasteiger partial charge in [0.25, 0.3) is 0 Å². The van der Waals surface area contributed by atoms with Gasteiger partial charge in [-0.25, -0.2) is 0 Å². The molecule has 0 amide bonds. The van der Waals surface area contributed by atoms with E-state index in [1.54, 1.807) is 0 Å². The predicted molar refractivity (Wildman–Crippen MR) is 196 cm³/mol. The molecule has 4 saturated carbocycles. The van der Waals surface area contributed by atoms with Crippen molar-refractivity contribution in [3.05, 3.63) is 24.3 Å². The Morgan fingerprint density at radius 2 is 0.978 bits per heavy atom. The van der Waals surface area contributed by atoms with Crippen molar-refractivity contribution in [2.75, 3.05) is 0 Å². The number of rotatable bonds is 6. The van der Waals surface area contributed by atoms with Gasteiger partial charge < -0.3 is 0 Å². The molecule has 6 rings (SSSR count). The molecule has 16 heteroatoms. The van der Waals surface area contributed by atoms with Crippen LogP contribution in [0.3, 0.4) is 0 Å². The molecule has 2 aromatic rings. The SMILES string of the molecule is ClC1(/N=N\C2([n+]3nn(C4(/N=N/C5(Cl)CCCCC5)CCCCC4)c4ccccc43)CCCCC2)CCCCC1.[Cl][Sb-]([Cl])([Cl])([Cl])([Cl])[Cl]. The Morgan fingerprint density at radius 1 is 0.565 bits per heavy atom. The minimum absolute atomic E-state index is 0.521. The van der Waals surface area contributed by atoms with E-state index in [0.717, 1.165) is 114 Å². The van der Waals surface area contributed by atoms with E-state index in [1.807, 2.05) is 0 Å². The van der Waals surface area contributed by atoms with Crippen LogP contribution in [-0.2, 0) is 11.3 Å². The van der Waals surface area contributed by atoms with Crippen molar-refractivity contribution < 1.29 is 4.68 Å². The zero-order chi connectivity index (χ0) is 33.2. The molecule has 260 valence electrons. The summed E-state index contributed by atoms with van der Waals surface area (Å²) in [7, 11) is 25.0. The van der Waals surface area contributed by atoms with Gasteiger partial charge in [0.05, 0.1) is 5.21 Å². The molecular formula is C30H44Cl8N7Sb. The van der Waals surface area contributed by atoms with Gasteiger partial charge in [-0.1, -0.05) is 61.0 Å². The van der Waals surface area contributed by atoms with Crippen molar-refractivity contribution in [1.29, 1.82) is 0 Å². The van der Waals surface area contributed by atoms with E-state index in [9.17, 15) is 0 Å². The molecule has 46 heavy (non-hydrogen) atoms. The van der Waals surface area contributed by atoms with E-state index in [4.69, 9.17) is 102 Å². The van der Waals surface area contributed by atoms with Crippen LogP contribution in [0.1, 0.15) is 128 Å². The number of para-hydroxylation sites is 2. The van der Waals surface area contributed by atoms with E-state index < -0.39 is 30.5 Å². The fourth-order valence-corrected chi connectivity index (χ4v) is 7.93. The van der Waals surface area contributed by atoms with Crippen molar-refractivity contribution in [3.8, 4) is 0 Å². The molecule has 4 aliphatic rings. The van der Waals surface area contributed by atoms with Crippen LogP contribution in [0.15, 0.2) is 44.7 Å². The second-order valence-corrected chi connectivity index (χ2v) is 71.9. The summed E-state index contributed by atoms with van der Waals surface area (Å²) in [5, 5.41) is 25.5. The van der Waals surface area contributed by atoms with Crippen molar-refractivity contribution in [3.63, 3.8) is 0 Å². The quantitative estimate of drug-likeness (QED) is 0.0936. The van der Waals surface area contributed by atoms with Crippen LogP contribution < -0.4 is 4.68 Å². The average molecular weight is 908 g/mol. The fraction of sp³-hybridized carbons (Fsp3) is 0.800. The van der Waals surface area contributed by atoms with Gasteiger partial charge in [0.15, 0.2) is 10.00 Å². The Hall–Kier alpha value is 0.958. The molecule has 1 aromatic carbocycles. The Labute approximate surface area is 302 Å². The van der Waals surface area contributed by atoms with Crippen LogP contribution in [0, 0.1) is 0 Å². The molecule has 0 spiro atoms. The number of benzene rings is 1. The van der Waals surface area contributed by atoms with Crippen molar-refractivity contribution in [1.82, 2.24) is 9.90 Å². The third-order valence-corrected chi connectivity index (χ3v) is 10.6. The molecule has 4 fully saturated rings. The van der Waals surface area contributed by atoms with Crippen molar-refractivity contribution >= 4 is 96.4 Å². The van der Waals surface area contributed by atoms with Crippen molar-refractivity contribution in [2.45, 2.75) is 150 Å². The zero-order valence-electron chi connectivity index (χ0n) is 26.1. The van der Waals surface area contributed by atoms with Gasteiger partial charge in [-0.3, -0.25) is 0 Å². The molecule has 0 atom stereocenters. The van der Waals surface area contributed by atoms with Gasteiger partial charge in [-0.15, -0.1) is 19.6 Å². The summed E-state index contributed by atoms with van der Waals surface area (Å²) in [6.45, 7) is 0. The van der Waals surface area contributed by atoms with Gasteiger partial charge in [0, 0.05) is 25.7 Å². The summed E-state index contributed by atoms with van der Waals surface area (Å²) < 4.78 is 4.36. The molecule has 1 aromatic heterocycles. The van der Waals surface area contributed by atoms with Gasteiger partial charge in [-0.05, 0) is 89.2 Å². The first-order valence-electron chi connectivity index (χ1n) is 16.6. The molecule has 0 aliphatic heterocycles. The fourth-order valence-electron chi connectivity index (χ4n) is 7.32. The van der Waals surface area contributed by atoms with Crippen LogP contribution in [0.4, 0.5) is 0 Å². The second kappa shape index (κ2) is 14.2. The standard InChI is InChI=1S/C30H44Cl2N7.6ClH.Sb/c31-27(17-7-1-8-18-27)33-35-29(21-11-3-12-22-29)38-25-15-5-6-16-26(25)39(37-38)30(23-13-4-14-24-30)36-34-28(32)19-9-2-10-20-28;;;;;;;/h5-6,15-16H,1-4,7-14,17-24H2;6*1H;/q+1;;;;;;;+5/p-6/b35-33-,36-34+;;;;;;;. The van der Waals surface area contributed by atoms with Crippen LogP contribution in [0.5, 0.6) is 0 Å². The minimum atomic E-state index is -5.42. The predicted octanol–water partition coefficient (Wildman–Crippen LogP) is 13.0. The normalized spacial score (nSPS) is 26.3. The Bertz CT molecular complexity index is 1300. The first-order chi connectivity index (χ1) is 21.4. The van der Waals surface area contributed by atoms with E-state index in [1.165, 1.54) is 25.7 Å². The molecular weight excluding hydrogens is 864 g/mol. The molecule has 0 radical (unpaired) electrons. The third kappa shape index (κ3) is 10.7. The number of nitrogens with zero attached hydrogens (tertiary/aromatic N) is 7. The summed E-state index contributed by atoms with van der Waals surface area (Å²) in [6.07, 6.45) is 21.2. The molecule has 0 bridgehead atoms. The number of hydrogen-bond donors (Lipinski definition) is 0. The molecule has 1 heterocycles. The molecule has 0 N–H and O–H groups in total. The van der Waals surface area contributed by atoms with Crippen LogP contribution in [0.2, 0.25) is 0 Å². The summed E-state index contributed by atoms with van der Waals surface area (Å²) in [5.41, 5.74) is 1.13. The Morgan fingerprint density at radius 3 is 1.48 bits per heavy atom. The number of hydrogen-bond acceptors (Lipinski definition) is 5. The number of azo groups is 2. The summed E-state index contributed by atoms with van der Waals surface area (Å²) in [5.74, 6) is 0. The van der Waals surface area contributed by atoms with E-state index >= 15 is 0 Å². The average Bonchev–Trinajstić information content (AvgIpc) is 3.41. The summed E-state index contributed by atoms with van der Waals surface area (Å²) in [4.78, 5) is -1.15. The number of fused-ring (bicyclic) bond motifs is 1. The van der Waals surface area contributed by atoms with Crippen LogP contribution >= 0.6 is 76.2 Å². The monoisotopic (exact) mass is 903 g/mol. The second-order valence-electron chi connectivity index (χ2n) is 13.6. The summed E-state index contributed by atoms with van der Waals surface area (Å²) >= 11 is 14.0. The van der Waals surface area contributed by atoms with Crippen LogP contribution in [-0.4, -0.2) is 29.0 Å². The number of halogens is 8. The van der Waals surface area contributed by atoms with Gasteiger partial charge in [-0.2, -0.15) is 10.2 Å². The van der Waals surface area contributed by atoms with E-state index in [2.05, 4.69) is 33.6 Å². The van der Waals surface area contributed by atoms with Gasteiger partial charge >= 0.3 is 62.1 Å². The Balaban J connectivity index is 0.000000537. The van der Waals surface area contributed by atoms with Gasteiger partial charge in [0.1, 0.15) is 0 Å². The number of alkyl halides is 2. The van der Waals surface area contributed by atoms with Gasteiger partial charge in [0.2, 0.25) is 22.4 Å². The first kappa shape index (κ1) is 38.2. The van der Waals surface area contributed by atoms with E-state index in [0.29, 0.717) is 0 Å². The number of aromatic nitrogens is 3. The van der Waals surface area contributed by atoms with Crippen LogP contribution in [0.25, 0.3) is 11.0 Å². The molecule has 7 nitrogen and oxygen atoms in total. The summed E-state index contributed by atoms with van der Waals surface area (Å²) in [6, 6.07) is 8.57. The molecule has 4 aliphatic carbocycles. The molecule has 0 unspecified atom stereocenters. The Kier molecular flexibility index (Phi) is 11.8. The topological polar surface area (TPSA) is 71.1 Å². The maximum absolute atomic E-state index is 7.00. The maximum atomic E-state index is 7.00. The third-order valence-electron chi connectivity index (χ3n) is 9.68.